The molecule has 14 heteroatoms. The summed E-state index contributed by atoms with van der Waals surface area (Å²) in [7, 11) is 0. The molecule has 216 valence electrons. The molecule has 0 fully saturated rings. The van der Waals surface area contributed by atoms with E-state index in [1.807, 2.05) is 13.8 Å². The average molecular weight is 573 g/mol. The Morgan fingerprint density at radius 2 is 1.78 bits per heavy atom. The molecule has 1 aromatic heterocycles. The van der Waals surface area contributed by atoms with Crippen molar-refractivity contribution in [2.24, 2.45) is 5.92 Å². The molecule has 0 saturated heterocycles. The lowest BCUT2D eigenvalue weighted by Crippen LogP contribution is -2.44. The van der Waals surface area contributed by atoms with E-state index in [1.54, 1.807) is 41.1 Å². The van der Waals surface area contributed by atoms with Gasteiger partial charge < -0.3 is 25.8 Å². The number of fused-ring (bicyclic) bond motifs is 1. The van der Waals surface area contributed by atoms with Crippen LogP contribution in [0.1, 0.15) is 38.4 Å². The second-order valence-corrected chi connectivity index (χ2v) is 9.65. The first-order chi connectivity index (χ1) is 19.4. The lowest BCUT2D eigenvalue weighted by Gasteiger charge is -2.22. The van der Waals surface area contributed by atoms with Gasteiger partial charge in [0.15, 0.2) is 11.6 Å². The number of halogens is 3. The Balaban J connectivity index is 1.44. The van der Waals surface area contributed by atoms with Gasteiger partial charge >= 0.3 is 18.4 Å². The summed E-state index contributed by atoms with van der Waals surface area (Å²) in [4.78, 5) is 37.0. The van der Waals surface area contributed by atoms with Gasteiger partial charge in [-0.25, -0.2) is 9.59 Å². The number of carbonyl (C=O) groups is 3. The van der Waals surface area contributed by atoms with Gasteiger partial charge in [-0.1, -0.05) is 32.1 Å². The Hall–Kier alpha value is -4.88. The van der Waals surface area contributed by atoms with Crippen LogP contribution in [0.4, 0.5) is 29.3 Å². The molecule has 3 amide bonds. The summed E-state index contributed by atoms with van der Waals surface area (Å²) in [5.74, 6) is -2.02. The minimum absolute atomic E-state index is 0.0701. The van der Waals surface area contributed by atoms with Crippen LogP contribution < -0.4 is 20.7 Å². The maximum Gasteiger partial charge on any atom is 0.573 e. The van der Waals surface area contributed by atoms with Crippen LogP contribution in [-0.4, -0.2) is 50.2 Å². The van der Waals surface area contributed by atoms with E-state index in [0.717, 1.165) is 6.07 Å². The molecular weight excluding hydrogens is 545 g/mol. The van der Waals surface area contributed by atoms with Crippen molar-refractivity contribution in [1.29, 1.82) is 0 Å². The SMILES string of the molecule is CC(C)C[C@H](NC(=O)C1CC=Cn2c(-c3ccc(NC(=O)Nc4ccccc4OC(F)(F)F)cc3)nnc21)C(=O)O. The predicted molar refractivity (Wildman–Crippen MR) is 143 cm³/mol. The van der Waals surface area contributed by atoms with Crippen molar-refractivity contribution in [3.8, 4) is 17.1 Å². The van der Waals surface area contributed by atoms with Gasteiger partial charge in [0, 0.05) is 17.5 Å². The van der Waals surface area contributed by atoms with Gasteiger partial charge in [0.1, 0.15) is 17.8 Å². The Labute approximate surface area is 232 Å². The third kappa shape index (κ3) is 7.41. The van der Waals surface area contributed by atoms with E-state index in [0.29, 0.717) is 29.3 Å². The minimum Gasteiger partial charge on any atom is -0.480 e. The molecule has 3 aromatic rings. The first-order valence-corrected chi connectivity index (χ1v) is 12.6. The number of aliphatic carboxylic acids is 1. The zero-order chi connectivity index (χ0) is 29.7. The summed E-state index contributed by atoms with van der Waals surface area (Å²) >= 11 is 0. The molecule has 0 radical (unpaired) electrons. The van der Waals surface area contributed by atoms with Crippen LogP contribution in [0, 0.1) is 5.92 Å². The Morgan fingerprint density at radius 3 is 2.44 bits per heavy atom. The largest absolute Gasteiger partial charge is 0.573 e. The van der Waals surface area contributed by atoms with Gasteiger partial charge in [-0.15, -0.1) is 23.4 Å². The molecule has 2 aromatic carbocycles. The molecular formula is C27H27F3N6O5. The van der Waals surface area contributed by atoms with Crippen LogP contribution in [0.15, 0.2) is 54.6 Å². The van der Waals surface area contributed by atoms with Gasteiger partial charge in [-0.05, 0) is 55.2 Å². The highest BCUT2D eigenvalue weighted by molar-refractivity contribution is 6.00. The first-order valence-electron chi connectivity index (χ1n) is 12.6. The monoisotopic (exact) mass is 572 g/mol. The number of carbonyl (C=O) groups excluding carboxylic acids is 2. The zero-order valence-corrected chi connectivity index (χ0v) is 22.0. The minimum atomic E-state index is -4.92. The summed E-state index contributed by atoms with van der Waals surface area (Å²) in [6.07, 6.45) is -0.820. The Kier molecular flexibility index (Phi) is 8.59. The highest BCUT2D eigenvalue weighted by Gasteiger charge is 2.33. The Morgan fingerprint density at radius 1 is 1.07 bits per heavy atom. The topological polar surface area (TPSA) is 147 Å². The highest BCUT2D eigenvalue weighted by Crippen LogP contribution is 2.31. The molecule has 4 rings (SSSR count). The number of amides is 3. The van der Waals surface area contributed by atoms with Crippen LogP contribution in [0.5, 0.6) is 5.75 Å². The molecule has 41 heavy (non-hydrogen) atoms. The number of alkyl halides is 3. The van der Waals surface area contributed by atoms with Crippen molar-refractivity contribution < 1.29 is 37.4 Å². The van der Waals surface area contributed by atoms with Crippen molar-refractivity contribution in [3.05, 3.63) is 60.4 Å². The van der Waals surface area contributed by atoms with Crippen LogP contribution in [0.25, 0.3) is 17.6 Å². The van der Waals surface area contributed by atoms with Crippen molar-refractivity contribution in [1.82, 2.24) is 20.1 Å². The number of allylic oxidation sites excluding steroid dienone is 1. The number of nitrogens with one attached hydrogen (secondary N) is 3. The van der Waals surface area contributed by atoms with E-state index in [-0.39, 0.29) is 18.0 Å². The number of para-hydroxylation sites is 2. The average Bonchev–Trinajstić information content (AvgIpc) is 3.33. The third-order valence-corrected chi connectivity index (χ3v) is 6.06. The van der Waals surface area contributed by atoms with Crippen molar-refractivity contribution in [3.63, 3.8) is 0 Å². The van der Waals surface area contributed by atoms with Crippen molar-refractivity contribution in [2.75, 3.05) is 10.6 Å². The first kappa shape index (κ1) is 29.1. The van der Waals surface area contributed by atoms with Crippen LogP contribution >= 0.6 is 0 Å². The molecule has 0 bridgehead atoms. The number of ether oxygens (including phenoxy) is 1. The van der Waals surface area contributed by atoms with Crippen LogP contribution in [0.2, 0.25) is 0 Å². The van der Waals surface area contributed by atoms with Crippen molar-refractivity contribution >= 4 is 35.5 Å². The fourth-order valence-electron chi connectivity index (χ4n) is 4.25. The maximum absolute atomic E-state index is 13.0. The van der Waals surface area contributed by atoms with Gasteiger partial charge in [0.25, 0.3) is 0 Å². The van der Waals surface area contributed by atoms with Gasteiger partial charge in [-0.3, -0.25) is 9.36 Å². The summed E-state index contributed by atoms with van der Waals surface area (Å²) in [5.41, 5.74) is 0.780. The van der Waals surface area contributed by atoms with E-state index in [2.05, 4.69) is 30.9 Å². The molecule has 2 atom stereocenters. The summed E-state index contributed by atoms with van der Waals surface area (Å²) in [6, 6.07) is 9.76. The van der Waals surface area contributed by atoms with Gasteiger partial charge in [-0.2, -0.15) is 0 Å². The molecule has 11 nitrogen and oxygen atoms in total. The second-order valence-electron chi connectivity index (χ2n) is 9.65. The van der Waals surface area contributed by atoms with Crippen molar-refractivity contribution in [2.45, 2.75) is 45.0 Å². The molecule has 0 spiro atoms. The molecule has 4 N–H and O–H groups in total. The third-order valence-electron chi connectivity index (χ3n) is 6.06. The lowest BCUT2D eigenvalue weighted by molar-refractivity contribution is -0.274. The number of hydrogen-bond donors (Lipinski definition) is 4. The number of hydrogen-bond acceptors (Lipinski definition) is 6. The predicted octanol–water partition coefficient (Wildman–Crippen LogP) is 5.06. The summed E-state index contributed by atoms with van der Waals surface area (Å²) < 4.78 is 43.5. The number of rotatable bonds is 9. The second kappa shape index (κ2) is 12.1. The number of carboxylic acid groups (broad SMARTS) is 1. The zero-order valence-electron chi connectivity index (χ0n) is 22.0. The highest BCUT2D eigenvalue weighted by atomic mass is 19.4. The van der Waals surface area contributed by atoms with E-state index in [9.17, 15) is 32.7 Å². The van der Waals surface area contributed by atoms with Gasteiger partial charge in [0.2, 0.25) is 5.91 Å². The summed E-state index contributed by atoms with van der Waals surface area (Å²) in [5, 5.41) is 25.3. The Bertz CT molecular complexity index is 1450. The number of urea groups is 1. The number of anilines is 2. The molecule has 2 heterocycles. The fraction of sp³-hybridized carbons (Fsp3) is 0.296. The quantitative estimate of drug-likeness (QED) is 0.280. The maximum atomic E-state index is 13.0. The smallest absolute Gasteiger partial charge is 0.480 e. The number of aromatic nitrogens is 3. The summed E-state index contributed by atoms with van der Waals surface area (Å²) in [6.45, 7) is 3.74. The van der Waals surface area contributed by atoms with Crippen LogP contribution in [0.3, 0.4) is 0 Å². The molecule has 0 saturated carbocycles. The standard InChI is InChI=1S/C27H27F3N6O5/c1-15(2)14-20(25(38)39)32-24(37)18-6-5-13-36-22(34-35-23(18)36)16-9-11-17(12-10-16)31-26(40)33-19-7-3-4-8-21(19)41-27(28,29)30/h3-5,7-13,15,18,20H,6,14H2,1-2H3,(H,32,37)(H,38,39)(H2,31,33,40)/t18?,20-/m0/s1. The van der Waals surface area contributed by atoms with E-state index in [1.165, 1.54) is 18.2 Å². The molecule has 0 aliphatic carbocycles. The molecule has 1 aliphatic heterocycles. The molecule has 1 aliphatic rings. The fourth-order valence-corrected chi connectivity index (χ4v) is 4.25. The number of nitrogens with zero attached hydrogens (tertiary/aromatic N) is 3. The number of benzene rings is 2. The lowest BCUT2D eigenvalue weighted by atomic mass is 9.98. The van der Waals surface area contributed by atoms with Gasteiger partial charge in [0.05, 0.1) is 5.69 Å². The normalized spacial score (nSPS) is 15.1. The van der Waals surface area contributed by atoms with Crippen LogP contribution in [-0.2, 0) is 9.59 Å². The van der Waals surface area contributed by atoms with E-state index in [4.69, 9.17) is 0 Å². The number of carboxylic acids is 1. The van der Waals surface area contributed by atoms with E-state index < -0.39 is 42.0 Å². The van der Waals surface area contributed by atoms with E-state index >= 15 is 0 Å². The molecule has 1 unspecified atom stereocenters.